The normalized spacial score (nSPS) is 11.5. The van der Waals surface area contributed by atoms with Gasteiger partial charge >= 0.3 is 0 Å². The van der Waals surface area contributed by atoms with Crippen molar-refractivity contribution in [3.8, 4) is 0 Å². The quantitative estimate of drug-likeness (QED) is 0.543. The van der Waals surface area contributed by atoms with Gasteiger partial charge in [-0.2, -0.15) is 0 Å². The van der Waals surface area contributed by atoms with Crippen molar-refractivity contribution in [2.75, 3.05) is 0 Å². The largest absolute Gasteiger partial charge is 0.127 e. The Bertz CT molecular complexity index is 196. The van der Waals surface area contributed by atoms with Crippen LogP contribution in [0.1, 0.15) is 19.4 Å². The Kier molecular flexibility index (Phi) is 2.11. The van der Waals surface area contributed by atoms with Crippen LogP contribution in [0.5, 0.6) is 0 Å². The van der Waals surface area contributed by atoms with E-state index in [1.807, 2.05) is 6.07 Å². The molecule has 0 saturated heterocycles. The zero-order valence-electron chi connectivity index (χ0n) is 6.46. The van der Waals surface area contributed by atoms with Gasteiger partial charge in [-0.15, -0.1) is 9.24 Å². The predicted octanol–water partition coefficient (Wildman–Crippen LogP) is 2.80. The fourth-order valence-corrected chi connectivity index (χ4v) is 1.06. The van der Waals surface area contributed by atoms with Gasteiger partial charge in [0.25, 0.3) is 0 Å². The molecule has 0 spiro atoms. The van der Waals surface area contributed by atoms with E-state index in [1.54, 1.807) is 0 Å². The molecule has 1 heteroatoms. The number of hydrogen-bond acceptors (Lipinski definition) is 0. The molecule has 0 bridgehead atoms. The van der Waals surface area contributed by atoms with Crippen molar-refractivity contribution in [2.45, 2.75) is 19.0 Å². The first-order valence-corrected chi connectivity index (χ1v) is 4.03. The topological polar surface area (TPSA) is 0 Å². The summed E-state index contributed by atoms with van der Waals surface area (Å²) in [5, 5.41) is 0.210. The van der Waals surface area contributed by atoms with Crippen LogP contribution in [0.15, 0.2) is 30.3 Å². The third kappa shape index (κ3) is 1.82. The summed E-state index contributed by atoms with van der Waals surface area (Å²) in [6.07, 6.45) is 0. The summed E-state index contributed by atoms with van der Waals surface area (Å²) in [4.78, 5) is 0. The van der Waals surface area contributed by atoms with Gasteiger partial charge in [0.05, 0.1) is 0 Å². The van der Waals surface area contributed by atoms with E-state index in [4.69, 9.17) is 0 Å². The van der Waals surface area contributed by atoms with E-state index in [-0.39, 0.29) is 5.16 Å². The summed E-state index contributed by atoms with van der Waals surface area (Å²) < 4.78 is 0. The summed E-state index contributed by atoms with van der Waals surface area (Å²) >= 11 is 0. The number of hydrogen-bond donors (Lipinski definition) is 0. The molecule has 0 saturated carbocycles. The molecule has 1 atom stereocenters. The monoisotopic (exact) mass is 152 g/mol. The van der Waals surface area contributed by atoms with Gasteiger partial charge in [-0.1, -0.05) is 44.2 Å². The lowest BCUT2D eigenvalue weighted by molar-refractivity contribution is 0.783. The molecule has 0 heterocycles. The molecule has 1 aromatic rings. The van der Waals surface area contributed by atoms with E-state index in [0.29, 0.717) is 0 Å². The molecule has 0 N–H and O–H groups in total. The summed E-state index contributed by atoms with van der Waals surface area (Å²) in [5.41, 5.74) is 1.36. The molecule has 54 valence electrons. The predicted molar refractivity (Wildman–Crippen MR) is 49.2 cm³/mol. The van der Waals surface area contributed by atoms with Gasteiger partial charge < -0.3 is 0 Å². The lowest BCUT2D eigenvalue weighted by atomic mass is 10.0. The minimum atomic E-state index is 0.210. The molecular formula is C9H13P. The zero-order valence-corrected chi connectivity index (χ0v) is 7.62. The average Bonchev–Trinajstić information content (AvgIpc) is 1.88. The number of benzene rings is 1. The van der Waals surface area contributed by atoms with Crippen LogP contribution in [0, 0.1) is 0 Å². The minimum absolute atomic E-state index is 0.210. The van der Waals surface area contributed by atoms with Gasteiger partial charge in [0.2, 0.25) is 0 Å². The van der Waals surface area contributed by atoms with Crippen LogP contribution in [0.2, 0.25) is 0 Å². The Hall–Kier alpha value is -0.350. The Balaban J connectivity index is 2.97. The molecule has 1 aromatic carbocycles. The Morgan fingerprint density at radius 3 is 1.90 bits per heavy atom. The van der Waals surface area contributed by atoms with Crippen molar-refractivity contribution in [3.63, 3.8) is 0 Å². The first-order valence-electron chi connectivity index (χ1n) is 3.45. The molecule has 1 rings (SSSR count). The van der Waals surface area contributed by atoms with Gasteiger partial charge in [-0.3, -0.25) is 0 Å². The van der Waals surface area contributed by atoms with Crippen molar-refractivity contribution < 1.29 is 0 Å². The standard InChI is InChI=1S/C9H13P/c1-9(2,10)8-6-4-3-5-7-8/h3-7H,10H2,1-2H3. The molecular weight excluding hydrogens is 139 g/mol. The SMILES string of the molecule is CC(C)(P)c1ccccc1. The van der Waals surface area contributed by atoms with E-state index >= 15 is 0 Å². The molecule has 0 fully saturated rings. The van der Waals surface area contributed by atoms with E-state index in [1.165, 1.54) is 5.56 Å². The molecule has 0 nitrogen and oxygen atoms in total. The molecule has 0 aliphatic rings. The third-order valence-electron chi connectivity index (χ3n) is 1.52. The van der Waals surface area contributed by atoms with Gasteiger partial charge in [0, 0.05) is 5.16 Å². The Morgan fingerprint density at radius 1 is 1.10 bits per heavy atom. The highest BCUT2D eigenvalue weighted by Gasteiger charge is 2.11. The summed E-state index contributed by atoms with van der Waals surface area (Å²) in [5.74, 6) is 0. The first-order chi connectivity index (χ1) is 4.61. The molecule has 10 heavy (non-hydrogen) atoms. The smallest absolute Gasteiger partial charge is 0.00413 e. The zero-order chi connectivity index (χ0) is 7.61. The van der Waals surface area contributed by atoms with E-state index in [0.717, 1.165) is 0 Å². The van der Waals surface area contributed by atoms with E-state index < -0.39 is 0 Å². The van der Waals surface area contributed by atoms with Crippen molar-refractivity contribution in [2.24, 2.45) is 0 Å². The summed E-state index contributed by atoms with van der Waals surface area (Å²) in [6, 6.07) is 10.5. The van der Waals surface area contributed by atoms with Gasteiger partial charge in [-0.25, -0.2) is 0 Å². The Labute approximate surface area is 64.9 Å². The third-order valence-corrected chi connectivity index (χ3v) is 1.85. The molecule has 0 aliphatic heterocycles. The lowest BCUT2D eigenvalue weighted by Crippen LogP contribution is -2.05. The maximum Gasteiger partial charge on any atom is 0.00413 e. The fourth-order valence-electron chi connectivity index (χ4n) is 0.868. The van der Waals surface area contributed by atoms with Crippen molar-refractivity contribution in [1.82, 2.24) is 0 Å². The van der Waals surface area contributed by atoms with Crippen LogP contribution in [0.25, 0.3) is 0 Å². The van der Waals surface area contributed by atoms with Crippen molar-refractivity contribution >= 4 is 9.24 Å². The molecule has 0 amide bonds. The van der Waals surface area contributed by atoms with Crippen molar-refractivity contribution in [3.05, 3.63) is 35.9 Å². The highest BCUT2D eigenvalue weighted by molar-refractivity contribution is 7.18. The van der Waals surface area contributed by atoms with Crippen LogP contribution in [0.3, 0.4) is 0 Å². The van der Waals surface area contributed by atoms with Crippen LogP contribution < -0.4 is 0 Å². The molecule has 1 unspecified atom stereocenters. The second kappa shape index (κ2) is 2.72. The molecule has 0 aromatic heterocycles. The van der Waals surface area contributed by atoms with Crippen LogP contribution in [0.4, 0.5) is 0 Å². The average molecular weight is 152 g/mol. The summed E-state index contributed by atoms with van der Waals surface area (Å²) in [6.45, 7) is 4.38. The second-order valence-electron chi connectivity index (χ2n) is 3.09. The van der Waals surface area contributed by atoms with Gasteiger partial charge in [0.1, 0.15) is 0 Å². The van der Waals surface area contributed by atoms with Gasteiger partial charge in [0.15, 0.2) is 0 Å². The summed E-state index contributed by atoms with van der Waals surface area (Å²) in [7, 11) is 2.83. The molecule has 0 radical (unpaired) electrons. The highest BCUT2D eigenvalue weighted by Crippen LogP contribution is 2.29. The first kappa shape index (κ1) is 7.75. The number of rotatable bonds is 1. The Morgan fingerprint density at radius 2 is 1.60 bits per heavy atom. The van der Waals surface area contributed by atoms with Crippen LogP contribution in [-0.2, 0) is 5.16 Å². The maximum atomic E-state index is 2.83. The van der Waals surface area contributed by atoms with Crippen LogP contribution >= 0.6 is 9.24 Å². The lowest BCUT2D eigenvalue weighted by Gasteiger charge is -2.17. The highest BCUT2D eigenvalue weighted by atomic mass is 31.0. The fraction of sp³-hybridized carbons (Fsp3) is 0.333. The van der Waals surface area contributed by atoms with Crippen molar-refractivity contribution in [1.29, 1.82) is 0 Å². The minimum Gasteiger partial charge on any atom is -0.127 e. The maximum absolute atomic E-state index is 2.83. The van der Waals surface area contributed by atoms with Crippen LogP contribution in [-0.4, -0.2) is 0 Å². The van der Waals surface area contributed by atoms with E-state index in [2.05, 4.69) is 47.4 Å². The van der Waals surface area contributed by atoms with E-state index in [9.17, 15) is 0 Å². The molecule has 0 aliphatic carbocycles. The second-order valence-corrected chi connectivity index (χ2v) is 4.53. The van der Waals surface area contributed by atoms with Gasteiger partial charge in [-0.05, 0) is 5.56 Å².